The normalized spacial score (nSPS) is 11.4. The molecule has 7 nitrogen and oxygen atoms in total. The number of amides is 1. The van der Waals surface area contributed by atoms with Crippen LogP contribution in [0.5, 0.6) is 0 Å². The first-order valence-electron chi connectivity index (χ1n) is 7.33. The van der Waals surface area contributed by atoms with Gasteiger partial charge in [-0.1, -0.05) is 42.5 Å². The Morgan fingerprint density at radius 3 is 2.04 bits per heavy atom. The van der Waals surface area contributed by atoms with Gasteiger partial charge >= 0.3 is 5.97 Å². The first-order valence-corrected chi connectivity index (χ1v) is 7.33. The van der Waals surface area contributed by atoms with Crippen LogP contribution in [0.25, 0.3) is 5.70 Å². The lowest BCUT2D eigenvalue weighted by atomic mass is 9.94. The maximum absolute atomic E-state index is 11.6. The minimum Gasteiger partial charge on any atom is -0.478 e. The summed E-state index contributed by atoms with van der Waals surface area (Å²) in [7, 11) is 0. The number of nitrogens with one attached hydrogen (secondary N) is 2. The molecule has 0 aliphatic rings. The third-order valence-electron chi connectivity index (χ3n) is 3.59. The lowest BCUT2D eigenvalue weighted by molar-refractivity contribution is -0.128. The number of carboxylic acids is 1. The van der Waals surface area contributed by atoms with E-state index in [0.717, 1.165) is 0 Å². The number of hydroxylamine groups is 1. The van der Waals surface area contributed by atoms with E-state index in [1.807, 2.05) is 6.07 Å². The average molecular weight is 339 g/mol. The molecule has 6 N–H and O–H groups in total. The third-order valence-corrected chi connectivity index (χ3v) is 3.59. The van der Waals surface area contributed by atoms with Gasteiger partial charge in [-0.25, -0.2) is 10.3 Å². The van der Waals surface area contributed by atoms with Crippen LogP contribution in [0.3, 0.4) is 0 Å². The molecular formula is C18H17N3O4. The molecule has 0 saturated heterocycles. The van der Waals surface area contributed by atoms with Gasteiger partial charge in [0.2, 0.25) is 5.91 Å². The third kappa shape index (κ3) is 4.30. The Morgan fingerprint density at radius 1 is 0.960 bits per heavy atom. The van der Waals surface area contributed by atoms with Gasteiger partial charge in [0.05, 0.1) is 17.7 Å². The van der Waals surface area contributed by atoms with Crippen LogP contribution in [0.1, 0.15) is 27.9 Å². The van der Waals surface area contributed by atoms with E-state index in [4.69, 9.17) is 21.5 Å². The van der Waals surface area contributed by atoms with E-state index < -0.39 is 11.9 Å². The van der Waals surface area contributed by atoms with Gasteiger partial charge < -0.3 is 10.8 Å². The molecule has 0 unspecified atom stereocenters. The Balaban J connectivity index is 2.46. The fraction of sp³-hybridized carbons (Fsp3) is 0.0556. The van der Waals surface area contributed by atoms with Crippen LogP contribution >= 0.6 is 0 Å². The molecule has 0 saturated carbocycles. The summed E-state index contributed by atoms with van der Waals surface area (Å²) in [5, 5.41) is 26.1. The maximum Gasteiger partial charge on any atom is 0.335 e. The number of carboxylic acid groups (broad SMARTS) is 1. The fourth-order valence-corrected chi connectivity index (χ4v) is 2.26. The van der Waals surface area contributed by atoms with Crippen LogP contribution < -0.4 is 11.2 Å². The summed E-state index contributed by atoms with van der Waals surface area (Å²) < 4.78 is 0. The zero-order valence-electron chi connectivity index (χ0n) is 13.2. The van der Waals surface area contributed by atoms with Gasteiger partial charge in [-0.15, -0.1) is 0 Å². The largest absolute Gasteiger partial charge is 0.478 e. The second kappa shape index (κ2) is 7.89. The highest BCUT2D eigenvalue weighted by Gasteiger charge is 2.17. The Hall–Kier alpha value is -3.45. The molecule has 0 aromatic heterocycles. The first kappa shape index (κ1) is 17.9. The van der Waals surface area contributed by atoms with Crippen molar-refractivity contribution in [2.24, 2.45) is 5.73 Å². The zero-order valence-corrected chi connectivity index (χ0v) is 13.2. The van der Waals surface area contributed by atoms with Crippen molar-refractivity contribution in [1.29, 1.82) is 5.41 Å². The number of rotatable bonds is 6. The van der Waals surface area contributed by atoms with Crippen LogP contribution in [0.4, 0.5) is 0 Å². The topological polar surface area (TPSA) is 136 Å². The summed E-state index contributed by atoms with van der Waals surface area (Å²) in [5.74, 6) is -1.78. The van der Waals surface area contributed by atoms with Crippen molar-refractivity contribution in [3.05, 3.63) is 76.9 Å². The van der Waals surface area contributed by atoms with Gasteiger partial charge in [0.1, 0.15) is 0 Å². The second-order valence-electron chi connectivity index (χ2n) is 5.23. The van der Waals surface area contributed by atoms with E-state index >= 15 is 0 Å². The van der Waals surface area contributed by atoms with Crippen LogP contribution in [0.2, 0.25) is 0 Å². The summed E-state index contributed by atoms with van der Waals surface area (Å²) in [6.45, 7) is 0. The first-order chi connectivity index (χ1) is 11.9. The molecule has 2 aromatic rings. The summed E-state index contributed by atoms with van der Waals surface area (Å²) >= 11 is 0. The molecule has 0 aliphatic heterocycles. The second-order valence-corrected chi connectivity index (χ2v) is 5.23. The molecule has 0 radical (unpaired) electrons. The van der Waals surface area contributed by atoms with Crippen LogP contribution in [-0.2, 0) is 4.79 Å². The number of aromatic carboxylic acids is 1. The zero-order chi connectivity index (χ0) is 18.4. The number of nitrogens with two attached hydrogens (primary N) is 1. The van der Waals surface area contributed by atoms with Gasteiger partial charge in [-0.2, -0.15) is 0 Å². The Morgan fingerprint density at radius 2 is 1.52 bits per heavy atom. The number of hydrogen-bond donors (Lipinski definition) is 5. The van der Waals surface area contributed by atoms with Gasteiger partial charge in [0.15, 0.2) is 0 Å². The smallest absolute Gasteiger partial charge is 0.335 e. The SMILES string of the molecule is N=C(/C(CC(=O)NO)=C(\N)c1ccccc1)c1ccc(C(=O)O)cc1. The van der Waals surface area contributed by atoms with Crippen LogP contribution in [-0.4, -0.2) is 27.9 Å². The minimum atomic E-state index is -1.07. The lowest BCUT2D eigenvalue weighted by Crippen LogP contribution is -2.23. The number of benzene rings is 2. The molecule has 2 aromatic carbocycles. The van der Waals surface area contributed by atoms with E-state index in [1.165, 1.54) is 29.7 Å². The van der Waals surface area contributed by atoms with Gasteiger partial charge in [0, 0.05) is 11.3 Å². The molecule has 1 amide bonds. The van der Waals surface area contributed by atoms with E-state index in [0.29, 0.717) is 11.1 Å². The molecule has 25 heavy (non-hydrogen) atoms. The molecule has 7 heteroatoms. The molecule has 0 bridgehead atoms. The van der Waals surface area contributed by atoms with Crippen molar-refractivity contribution < 1.29 is 19.9 Å². The molecule has 0 fully saturated rings. The van der Waals surface area contributed by atoms with E-state index in [2.05, 4.69) is 0 Å². The number of hydrogen-bond acceptors (Lipinski definition) is 5. The van der Waals surface area contributed by atoms with Crippen molar-refractivity contribution >= 4 is 23.3 Å². The Kier molecular flexibility index (Phi) is 5.65. The van der Waals surface area contributed by atoms with Gasteiger partial charge in [0.25, 0.3) is 0 Å². The Bertz CT molecular complexity index is 827. The molecule has 2 rings (SSSR count). The van der Waals surface area contributed by atoms with Gasteiger partial charge in [-0.05, 0) is 23.3 Å². The lowest BCUT2D eigenvalue weighted by Gasteiger charge is -2.13. The number of carbonyl (C=O) groups excluding carboxylic acids is 1. The molecule has 0 aliphatic carbocycles. The quantitative estimate of drug-likeness (QED) is 0.311. The summed E-state index contributed by atoms with van der Waals surface area (Å²) in [6.07, 6.45) is -0.295. The maximum atomic E-state index is 11.6. The summed E-state index contributed by atoms with van der Waals surface area (Å²) in [5.41, 5.74) is 9.23. The van der Waals surface area contributed by atoms with Crippen molar-refractivity contribution in [1.82, 2.24) is 5.48 Å². The highest BCUT2D eigenvalue weighted by Crippen LogP contribution is 2.21. The molecular weight excluding hydrogens is 322 g/mol. The standard InChI is InChI=1S/C18H17N3O4/c19-16(11-4-2-1-3-5-11)14(10-15(22)21-25)17(20)12-6-8-13(9-7-12)18(23)24/h1-9,20,25H,10,19H2,(H,21,22)(H,23,24)/b16-14-,20-17?. The summed E-state index contributed by atoms with van der Waals surface area (Å²) in [6, 6.07) is 14.5. The van der Waals surface area contributed by atoms with Crippen molar-refractivity contribution in [2.45, 2.75) is 6.42 Å². The van der Waals surface area contributed by atoms with Gasteiger partial charge in [-0.3, -0.25) is 15.4 Å². The highest BCUT2D eigenvalue weighted by atomic mass is 16.5. The Labute approximate surface area is 143 Å². The van der Waals surface area contributed by atoms with Crippen LogP contribution in [0, 0.1) is 5.41 Å². The van der Waals surface area contributed by atoms with E-state index in [9.17, 15) is 9.59 Å². The fourth-order valence-electron chi connectivity index (χ4n) is 2.26. The predicted molar refractivity (Wildman–Crippen MR) is 92.3 cm³/mol. The predicted octanol–water partition coefficient (Wildman–Crippen LogP) is 2.02. The highest BCUT2D eigenvalue weighted by molar-refractivity contribution is 6.16. The van der Waals surface area contributed by atoms with Crippen molar-refractivity contribution in [3.63, 3.8) is 0 Å². The minimum absolute atomic E-state index is 0.0260. The monoisotopic (exact) mass is 339 g/mol. The van der Waals surface area contributed by atoms with E-state index in [1.54, 1.807) is 24.3 Å². The average Bonchev–Trinajstić information content (AvgIpc) is 2.65. The molecule has 0 heterocycles. The molecule has 0 atom stereocenters. The summed E-state index contributed by atoms with van der Waals surface area (Å²) in [4.78, 5) is 22.5. The molecule has 0 spiro atoms. The van der Waals surface area contributed by atoms with Crippen LogP contribution in [0.15, 0.2) is 60.2 Å². The molecule has 128 valence electrons. The number of carbonyl (C=O) groups is 2. The van der Waals surface area contributed by atoms with E-state index in [-0.39, 0.29) is 29.0 Å². The van der Waals surface area contributed by atoms with Crippen molar-refractivity contribution in [3.8, 4) is 0 Å². The van der Waals surface area contributed by atoms with Crippen molar-refractivity contribution in [2.75, 3.05) is 0 Å².